The number of hydrogen-bond acceptors (Lipinski definition) is 4. The molecule has 2 aromatic carbocycles. The number of carbonyl (C=O) groups is 3. The van der Waals surface area contributed by atoms with Gasteiger partial charge in [-0.1, -0.05) is 35.9 Å². The van der Waals surface area contributed by atoms with E-state index in [2.05, 4.69) is 10.6 Å². The van der Waals surface area contributed by atoms with Crippen LogP contribution in [0.3, 0.4) is 0 Å². The van der Waals surface area contributed by atoms with Crippen molar-refractivity contribution in [1.82, 2.24) is 10.6 Å². The molecule has 0 aliphatic carbocycles. The number of benzene rings is 2. The first-order valence-corrected chi connectivity index (χ1v) is 9.10. The summed E-state index contributed by atoms with van der Waals surface area (Å²) in [7, 11) is 0. The Morgan fingerprint density at radius 1 is 1.11 bits per heavy atom. The number of nitrogens with one attached hydrogen (secondary N) is 2. The van der Waals surface area contributed by atoms with Crippen LogP contribution in [0.1, 0.15) is 24.5 Å². The third kappa shape index (κ3) is 4.98. The lowest BCUT2D eigenvalue weighted by Gasteiger charge is -2.20. The number of carbonyl (C=O) groups excluding carboxylic acids is 3. The average molecular weight is 399 g/mol. The fourth-order valence-corrected chi connectivity index (χ4v) is 2.89. The number of hydrogen-bond donors (Lipinski definition) is 2. The Balaban J connectivity index is 1.52. The van der Waals surface area contributed by atoms with Crippen LogP contribution in [-0.4, -0.2) is 23.4 Å². The predicted octanol–water partition coefficient (Wildman–Crippen LogP) is 3.49. The molecule has 2 N–H and O–H groups in total. The van der Waals surface area contributed by atoms with Crippen molar-refractivity contribution in [2.24, 2.45) is 0 Å². The molecule has 0 aromatic heterocycles. The maximum atomic E-state index is 11.9. The molecule has 3 rings (SSSR count). The highest BCUT2D eigenvalue weighted by Gasteiger charge is 2.41. The molecule has 0 saturated carbocycles. The van der Waals surface area contributed by atoms with Crippen molar-refractivity contribution in [2.45, 2.75) is 25.3 Å². The molecule has 3 amide bonds. The van der Waals surface area contributed by atoms with E-state index in [0.717, 1.165) is 11.1 Å². The minimum absolute atomic E-state index is 0.324. The standard InChI is InChI=1S/C21H19ClN2O4/c1-21(19(26)23-20(27)24-21)13-12-15-4-9-17(10-5-15)28-18(25)11-6-14-2-7-16(22)8-3-14/h2-11H,12-13H2,1H3,(H2,23,24,26,27)/b11-6+/t21-/m0/s1. The lowest BCUT2D eigenvalue weighted by atomic mass is 9.93. The summed E-state index contributed by atoms with van der Waals surface area (Å²) in [4.78, 5) is 35.0. The van der Waals surface area contributed by atoms with E-state index in [1.807, 2.05) is 12.1 Å². The molecular weight excluding hydrogens is 380 g/mol. The van der Waals surface area contributed by atoms with E-state index < -0.39 is 17.5 Å². The van der Waals surface area contributed by atoms with E-state index in [1.165, 1.54) is 6.08 Å². The fourth-order valence-electron chi connectivity index (χ4n) is 2.76. The second-order valence-corrected chi connectivity index (χ2v) is 7.13. The third-order valence-corrected chi connectivity index (χ3v) is 4.71. The average Bonchev–Trinajstić information content (AvgIpc) is 2.93. The molecule has 28 heavy (non-hydrogen) atoms. The van der Waals surface area contributed by atoms with Crippen molar-refractivity contribution in [2.75, 3.05) is 0 Å². The van der Waals surface area contributed by atoms with Gasteiger partial charge in [0.15, 0.2) is 0 Å². The Morgan fingerprint density at radius 3 is 2.39 bits per heavy atom. The monoisotopic (exact) mass is 398 g/mol. The van der Waals surface area contributed by atoms with Crippen molar-refractivity contribution >= 4 is 35.6 Å². The van der Waals surface area contributed by atoms with Crippen molar-refractivity contribution in [3.63, 3.8) is 0 Å². The topological polar surface area (TPSA) is 84.5 Å². The van der Waals surface area contributed by atoms with Gasteiger partial charge in [-0.15, -0.1) is 0 Å². The van der Waals surface area contributed by atoms with E-state index >= 15 is 0 Å². The molecule has 2 aromatic rings. The molecule has 0 spiro atoms. The highest BCUT2D eigenvalue weighted by atomic mass is 35.5. The summed E-state index contributed by atoms with van der Waals surface area (Å²) in [6.45, 7) is 1.69. The molecule has 1 heterocycles. The number of halogens is 1. The van der Waals surface area contributed by atoms with E-state index in [1.54, 1.807) is 49.4 Å². The Morgan fingerprint density at radius 2 is 1.79 bits per heavy atom. The number of esters is 1. The Hall–Kier alpha value is -3.12. The van der Waals surface area contributed by atoms with Gasteiger partial charge in [-0.25, -0.2) is 9.59 Å². The van der Waals surface area contributed by atoms with Gasteiger partial charge in [-0.3, -0.25) is 10.1 Å². The largest absolute Gasteiger partial charge is 0.423 e. The summed E-state index contributed by atoms with van der Waals surface area (Å²) >= 11 is 5.82. The van der Waals surface area contributed by atoms with Gasteiger partial charge in [0.25, 0.3) is 5.91 Å². The van der Waals surface area contributed by atoms with Crippen LogP contribution in [0.5, 0.6) is 5.75 Å². The summed E-state index contributed by atoms with van der Waals surface area (Å²) in [5, 5.41) is 5.51. The number of aryl methyl sites for hydroxylation is 1. The van der Waals surface area contributed by atoms with Gasteiger partial charge < -0.3 is 10.1 Å². The van der Waals surface area contributed by atoms with Crippen LogP contribution < -0.4 is 15.4 Å². The highest BCUT2D eigenvalue weighted by molar-refractivity contribution is 6.30. The Bertz CT molecular complexity index is 922. The molecule has 1 aliphatic rings. The Kier molecular flexibility index (Phi) is 5.80. The van der Waals surface area contributed by atoms with Crippen LogP contribution in [0.15, 0.2) is 54.6 Å². The minimum atomic E-state index is -0.908. The molecule has 7 heteroatoms. The van der Waals surface area contributed by atoms with Crippen LogP contribution >= 0.6 is 11.6 Å². The SMILES string of the molecule is C[C@@]1(CCc2ccc(OC(=O)/C=C/c3ccc(Cl)cc3)cc2)NC(=O)NC1=O. The van der Waals surface area contributed by atoms with Crippen LogP contribution in [-0.2, 0) is 16.0 Å². The first-order valence-electron chi connectivity index (χ1n) is 8.72. The van der Waals surface area contributed by atoms with E-state index in [-0.39, 0.29) is 5.91 Å². The lowest BCUT2D eigenvalue weighted by molar-refractivity contribution is -0.129. The minimum Gasteiger partial charge on any atom is -0.423 e. The fraction of sp³-hybridized carbons (Fsp3) is 0.190. The van der Waals surface area contributed by atoms with Crippen LogP contribution in [0.25, 0.3) is 6.08 Å². The first kappa shape index (κ1) is 19.6. The second kappa shape index (κ2) is 8.27. The van der Waals surface area contributed by atoms with Crippen LogP contribution in [0.4, 0.5) is 4.79 Å². The summed E-state index contributed by atoms with van der Waals surface area (Å²) in [6.07, 6.45) is 4.05. The molecule has 1 saturated heterocycles. The zero-order valence-electron chi connectivity index (χ0n) is 15.2. The zero-order chi connectivity index (χ0) is 20.1. The zero-order valence-corrected chi connectivity index (χ0v) is 16.0. The number of urea groups is 1. The van der Waals surface area contributed by atoms with Crippen molar-refractivity contribution in [1.29, 1.82) is 0 Å². The molecule has 1 fully saturated rings. The van der Waals surface area contributed by atoms with Gasteiger partial charge in [0.2, 0.25) is 0 Å². The third-order valence-electron chi connectivity index (χ3n) is 4.45. The number of imide groups is 1. The van der Waals surface area contributed by atoms with Gasteiger partial charge in [0.05, 0.1) is 0 Å². The molecule has 0 unspecified atom stereocenters. The molecular formula is C21H19ClN2O4. The van der Waals surface area contributed by atoms with E-state index in [9.17, 15) is 14.4 Å². The smallest absolute Gasteiger partial charge is 0.336 e. The van der Waals surface area contributed by atoms with E-state index in [0.29, 0.717) is 23.6 Å². The summed E-state index contributed by atoms with van der Waals surface area (Å²) in [5.74, 6) is -0.385. The summed E-state index contributed by atoms with van der Waals surface area (Å²) in [5.41, 5.74) is 0.897. The first-order chi connectivity index (χ1) is 13.3. The van der Waals surface area contributed by atoms with Gasteiger partial charge in [0, 0.05) is 11.1 Å². The number of amides is 3. The quantitative estimate of drug-likeness (QED) is 0.337. The highest BCUT2D eigenvalue weighted by Crippen LogP contribution is 2.20. The van der Waals surface area contributed by atoms with E-state index in [4.69, 9.17) is 16.3 Å². The molecule has 1 atom stereocenters. The molecule has 0 bridgehead atoms. The van der Waals surface area contributed by atoms with Crippen molar-refractivity contribution in [3.05, 3.63) is 70.8 Å². The second-order valence-electron chi connectivity index (χ2n) is 6.69. The summed E-state index contributed by atoms with van der Waals surface area (Å²) < 4.78 is 5.27. The van der Waals surface area contributed by atoms with Gasteiger partial charge in [0.1, 0.15) is 11.3 Å². The van der Waals surface area contributed by atoms with Crippen LogP contribution in [0, 0.1) is 0 Å². The maximum absolute atomic E-state index is 11.9. The van der Waals surface area contributed by atoms with Gasteiger partial charge >= 0.3 is 12.0 Å². The van der Waals surface area contributed by atoms with Gasteiger partial charge in [-0.2, -0.15) is 0 Å². The molecule has 6 nitrogen and oxygen atoms in total. The maximum Gasteiger partial charge on any atom is 0.336 e. The van der Waals surface area contributed by atoms with Crippen LogP contribution in [0.2, 0.25) is 5.02 Å². The normalized spacial score (nSPS) is 18.8. The Labute approximate surface area is 167 Å². The summed E-state index contributed by atoms with van der Waals surface area (Å²) in [6, 6.07) is 13.6. The predicted molar refractivity (Wildman–Crippen MR) is 106 cm³/mol. The molecule has 1 aliphatic heterocycles. The lowest BCUT2D eigenvalue weighted by Crippen LogP contribution is -2.43. The van der Waals surface area contributed by atoms with Crippen molar-refractivity contribution in [3.8, 4) is 5.75 Å². The number of rotatable bonds is 6. The van der Waals surface area contributed by atoms with Gasteiger partial charge in [-0.05, 0) is 61.2 Å². The van der Waals surface area contributed by atoms with Crippen molar-refractivity contribution < 1.29 is 19.1 Å². The molecule has 0 radical (unpaired) electrons. The number of ether oxygens (including phenoxy) is 1. The molecule has 144 valence electrons.